The number of rotatable bonds is 7. The molecule has 0 amide bonds. The van der Waals surface area contributed by atoms with Crippen molar-refractivity contribution in [3.8, 4) is 6.07 Å². The van der Waals surface area contributed by atoms with E-state index in [0.717, 1.165) is 5.75 Å². The molecular formula is C14H16N2O2S. The minimum Gasteiger partial charge on any atom is -0.465 e. The predicted octanol–water partition coefficient (Wildman–Crippen LogP) is 2.55. The number of carbonyl (C=O) groups is 1. The van der Waals surface area contributed by atoms with E-state index in [4.69, 9.17) is 10.00 Å². The van der Waals surface area contributed by atoms with Gasteiger partial charge in [-0.3, -0.25) is 9.79 Å². The molecule has 1 aromatic rings. The molecule has 0 saturated carbocycles. The van der Waals surface area contributed by atoms with Gasteiger partial charge in [-0.05, 0) is 19.1 Å². The van der Waals surface area contributed by atoms with Crippen LogP contribution in [0.15, 0.2) is 40.2 Å². The molecule has 0 aromatic heterocycles. The van der Waals surface area contributed by atoms with Gasteiger partial charge in [0.1, 0.15) is 0 Å². The summed E-state index contributed by atoms with van der Waals surface area (Å²) in [4.78, 5) is 16.6. The third kappa shape index (κ3) is 6.07. The molecule has 0 saturated heterocycles. The molecule has 0 aliphatic rings. The molecule has 0 bridgehead atoms. The average Bonchev–Trinajstić information content (AvgIpc) is 2.44. The highest BCUT2D eigenvalue weighted by Crippen LogP contribution is 2.16. The van der Waals surface area contributed by atoms with Crippen molar-refractivity contribution in [1.29, 1.82) is 5.26 Å². The SMILES string of the molecule is CCOC(=O)[C@@H](C#N)C=NCCSc1ccccc1. The number of carbonyl (C=O) groups excluding carboxylic acids is 1. The largest absolute Gasteiger partial charge is 0.465 e. The first-order valence-corrected chi connectivity index (χ1v) is 7.00. The maximum Gasteiger partial charge on any atom is 0.328 e. The van der Waals surface area contributed by atoms with Crippen LogP contribution in [0, 0.1) is 17.2 Å². The van der Waals surface area contributed by atoms with Crippen LogP contribution in [0.3, 0.4) is 0 Å². The molecule has 0 fully saturated rings. The second-order valence-corrected chi connectivity index (χ2v) is 4.74. The number of esters is 1. The number of nitrogens with zero attached hydrogens (tertiary/aromatic N) is 2. The van der Waals surface area contributed by atoms with E-state index in [0.29, 0.717) is 6.54 Å². The van der Waals surface area contributed by atoms with Crippen molar-refractivity contribution in [2.45, 2.75) is 11.8 Å². The first-order valence-electron chi connectivity index (χ1n) is 6.02. The standard InChI is InChI=1S/C14H16N2O2S/c1-2-18-14(17)12(10-15)11-16-8-9-19-13-6-4-3-5-7-13/h3-7,11-12H,2,8-9H2,1H3/t12-/m0/s1. The van der Waals surface area contributed by atoms with E-state index in [1.807, 2.05) is 36.4 Å². The van der Waals surface area contributed by atoms with Gasteiger partial charge in [-0.2, -0.15) is 5.26 Å². The maximum absolute atomic E-state index is 11.3. The van der Waals surface area contributed by atoms with Gasteiger partial charge in [-0.15, -0.1) is 11.8 Å². The average molecular weight is 276 g/mol. The highest BCUT2D eigenvalue weighted by Gasteiger charge is 2.15. The van der Waals surface area contributed by atoms with Crippen LogP contribution < -0.4 is 0 Å². The molecule has 0 N–H and O–H groups in total. The first kappa shape index (κ1) is 15.3. The Morgan fingerprint density at radius 2 is 2.26 bits per heavy atom. The highest BCUT2D eigenvalue weighted by atomic mass is 32.2. The van der Waals surface area contributed by atoms with Crippen LogP contribution in [0.4, 0.5) is 0 Å². The zero-order valence-electron chi connectivity index (χ0n) is 10.8. The van der Waals surface area contributed by atoms with E-state index >= 15 is 0 Å². The molecule has 0 unspecified atom stereocenters. The van der Waals surface area contributed by atoms with Crippen LogP contribution in [0.5, 0.6) is 0 Å². The van der Waals surface area contributed by atoms with Crippen molar-refractivity contribution in [3.05, 3.63) is 30.3 Å². The Bertz CT molecular complexity index is 454. The summed E-state index contributed by atoms with van der Waals surface area (Å²) in [6, 6.07) is 11.9. The van der Waals surface area contributed by atoms with Crippen LogP contribution in [0.1, 0.15) is 6.92 Å². The van der Waals surface area contributed by atoms with Crippen LogP contribution in [-0.2, 0) is 9.53 Å². The zero-order chi connectivity index (χ0) is 13.9. The minimum atomic E-state index is -0.901. The van der Waals surface area contributed by atoms with Gasteiger partial charge in [0.05, 0.1) is 12.7 Å². The van der Waals surface area contributed by atoms with Gasteiger partial charge in [0.25, 0.3) is 0 Å². The number of hydrogen-bond acceptors (Lipinski definition) is 5. The second-order valence-electron chi connectivity index (χ2n) is 3.58. The molecule has 1 atom stereocenters. The van der Waals surface area contributed by atoms with Gasteiger partial charge < -0.3 is 4.74 Å². The molecule has 0 spiro atoms. The summed E-state index contributed by atoms with van der Waals surface area (Å²) in [6.07, 6.45) is 1.36. The third-order valence-electron chi connectivity index (χ3n) is 2.17. The van der Waals surface area contributed by atoms with Gasteiger partial charge in [0.2, 0.25) is 0 Å². The van der Waals surface area contributed by atoms with Crippen LogP contribution in [-0.4, -0.2) is 31.1 Å². The Kier molecular flexibility index (Phi) is 7.37. The summed E-state index contributed by atoms with van der Waals surface area (Å²) in [7, 11) is 0. The van der Waals surface area contributed by atoms with E-state index < -0.39 is 11.9 Å². The first-order chi connectivity index (χ1) is 9.27. The molecule has 100 valence electrons. The molecular weight excluding hydrogens is 260 g/mol. The van der Waals surface area contributed by atoms with E-state index in [1.54, 1.807) is 18.7 Å². The lowest BCUT2D eigenvalue weighted by molar-refractivity contribution is -0.143. The molecule has 0 aliphatic heterocycles. The molecule has 0 radical (unpaired) electrons. The summed E-state index contributed by atoms with van der Waals surface area (Å²) < 4.78 is 4.76. The van der Waals surface area contributed by atoms with Crippen LogP contribution in [0.2, 0.25) is 0 Å². The third-order valence-corrected chi connectivity index (χ3v) is 3.16. The topological polar surface area (TPSA) is 62.5 Å². The summed E-state index contributed by atoms with van der Waals surface area (Å²) in [5.41, 5.74) is 0. The Hall–Kier alpha value is -1.80. The minimum absolute atomic E-state index is 0.273. The number of aliphatic imine (C=N–C) groups is 1. The van der Waals surface area contributed by atoms with Crippen molar-refractivity contribution in [2.75, 3.05) is 18.9 Å². The van der Waals surface area contributed by atoms with Gasteiger partial charge >= 0.3 is 5.97 Å². The van der Waals surface area contributed by atoms with Gasteiger partial charge in [0.15, 0.2) is 5.92 Å². The molecule has 0 heterocycles. The number of ether oxygens (including phenoxy) is 1. The molecule has 0 aliphatic carbocycles. The van der Waals surface area contributed by atoms with Crippen molar-refractivity contribution < 1.29 is 9.53 Å². The Balaban J connectivity index is 2.29. The molecule has 5 heteroatoms. The van der Waals surface area contributed by atoms with Crippen LogP contribution >= 0.6 is 11.8 Å². The van der Waals surface area contributed by atoms with Crippen molar-refractivity contribution >= 4 is 23.9 Å². The number of thioether (sulfide) groups is 1. The molecule has 4 nitrogen and oxygen atoms in total. The monoisotopic (exact) mass is 276 g/mol. The highest BCUT2D eigenvalue weighted by molar-refractivity contribution is 7.99. The quantitative estimate of drug-likeness (QED) is 0.332. The fourth-order valence-corrected chi connectivity index (χ4v) is 2.07. The fourth-order valence-electron chi connectivity index (χ4n) is 1.29. The summed E-state index contributed by atoms with van der Waals surface area (Å²) in [6.45, 7) is 2.55. The number of benzene rings is 1. The van der Waals surface area contributed by atoms with Crippen molar-refractivity contribution in [1.82, 2.24) is 0 Å². The van der Waals surface area contributed by atoms with E-state index in [9.17, 15) is 4.79 Å². The summed E-state index contributed by atoms with van der Waals surface area (Å²) in [5, 5.41) is 8.81. The van der Waals surface area contributed by atoms with Gasteiger partial charge in [-0.1, -0.05) is 18.2 Å². The lowest BCUT2D eigenvalue weighted by atomic mass is 10.2. The van der Waals surface area contributed by atoms with Crippen molar-refractivity contribution in [3.63, 3.8) is 0 Å². The van der Waals surface area contributed by atoms with Crippen molar-refractivity contribution in [2.24, 2.45) is 10.9 Å². The summed E-state index contributed by atoms with van der Waals surface area (Å²) >= 11 is 1.69. The lowest BCUT2D eigenvalue weighted by Crippen LogP contribution is -2.17. The number of hydrogen-bond donors (Lipinski definition) is 0. The lowest BCUT2D eigenvalue weighted by Gasteiger charge is -2.02. The van der Waals surface area contributed by atoms with Crippen LogP contribution in [0.25, 0.3) is 0 Å². The normalized spacial score (nSPS) is 12.0. The second kappa shape index (κ2) is 9.17. The van der Waals surface area contributed by atoms with E-state index in [2.05, 4.69) is 4.99 Å². The Labute approximate surface area is 117 Å². The van der Waals surface area contributed by atoms with Gasteiger partial charge in [-0.25, -0.2) is 0 Å². The molecule has 1 rings (SSSR count). The molecule has 19 heavy (non-hydrogen) atoms. The summed E-state index contributed by atoms with van der Waals surface area (Å²) in [5.74, 6) is -0.632. The molecule has 1 aromatic carbocycles. The smallest absolute Gasteiger partial charge is 0.328 e. The number of nitriles is 1. The fraction of sp³-hybridized carbons (Fsp3) is 0.357. The van der Waals surface area contributed by atoms with Gasteiger partial charge in [0, 0.05) is 23.4 Å². The zero-order valence-corrected chi connectivity index (χ0v) is 11.6. The Morgan fingerprint density at radius 1 is 1.53 bits per heavy atom. The van der Waals surface area contributed by atoms with E-state index in [-0.39, 0.29) is 6.61 Å². The van der Waals surface area contributed by atoms with E-state index in [1.165, 1.54) is 11.1 Å². The Morgan fingerprint density at radius 3 is 2.89 bits per heavy atom. The maximum atomic E-state index is 11.3. The predicted molar refractivity (Wildman–Crippen MR) is 76.3 cm³/mol.